The van der Waals surface area contributed by atoms with Crippen molar-refractivity contribution in [1.82, 2.24) is 0 Å². The van der Waals surface area contributed by atoms with Crippen LogP contribution < -0.4 is 5.32 Å². The SMILES string of the molecule is CC(C)(C)CCNc1cc(Br)cc(C(=O)O)c1. The van der Waals surface area contributed by atoms with Crippen LogP contribution in [0.5, 0.6) is 0 Å². The van der Waals surface area contributed by atoms with Gasteiger partial charge in [-0.3, -0.25) is 0 Å². The summed E-state index contributed by atoms with van der Waals surface area (Å²) in [4.78, 5) is 10.9. The van der Waals surface area contributed by atoms with Gasteiger partial charge in [0.25, 0.3) is 0 Å². The van der Waals surface area contributed by atoms with Crippen LogP contribution in [-0.2, 0) is 0 Å². The van der Waals surface area contributed by atoms with Crippen LogP contribution in [0.2, 0.25) is 0 Å². The summed E-state index contributed by atoms with van der Waals surface area (Å²) in [7, 11) is 0. The molecule has 0 aliphatic carbocycles. The van der Waals surface area contributed by atoms with Crippen LogP contribution in [0.3, 0.4) is 0 Å². The highest BCUT2D eigenvalue weighted by Gasteiger charge is 2.10. The van der Waals surface area contributed by atoms with Gasteiger partial charge in [-0.15, -0.1) is 0 Å². The van der Waals surface area contributed by atoms with E-state index < -0.39 is 5.97 Å². The van der Waals surface area contributed by atoms with Gasteiger partial charge in [0.05, 0.1) is 5.56 Å². The Labute approximate surface area is 110 Å². The third-order valence-electron chi connectivity index (χ3n) is 2.35. The van der Waals surface area contributed by atoms with Crippen molar-refractivity contribution < 1.29 is 9.90 Å². The van der Waals surface area contributed by atoms with Crippen molar-refractivity contribution in [2.45, 2.75) is 27.2 Å². The van der Waals surface area contributed by atoms with Gasteiger partial charge in [0.15, 0.2) is 0 Å². The minimum Gasteiger partial charge on any atom is -0.478 e. The Morgan fingerprint density at radius 3 is 2.53 bits per heavy atom. The summed E-state index contributed by atoms with van der Waals surface area (Å²) >= 11 is 3.31. The lowest BCUT2D eigenvalue weighted by Gasteiger charge is -2.18. The summed E-state index contributed by atoms with van der Waals surface area (Å²) in [5.41, 5.74) is 1.40. The van der Waals surface area contributed by atoms with Crippen molar-refractivity contribution in [3.05, 3.63) is 28.2 Å². The summed E-state index contributed by atoms with van der Waals surface area (Å²) in [6.07, 6.45) is 1.03. The summed E-state index contributed by atoms with van der Waals surface area (Å²) in [5, 5.41) is 12.2. The molecule has 0 saturated heterocycles. The van der Waals surface area contributed by atoms with Crippen LogP contribution in [0.4, 0.5) is 5.69 Å². The van der Waals surface area contributed by atoms with Crippen molar-refractivity contribution >= 4 is 27.6 Å². The van der Waals surface area contributed by atoms with Crippen LogP contribution in [0.1, 0.15) is 37.6 Å². The number of rotatable bonds is 4. The summed E-state index contributed by atoms with van der Waals surface area (Å²) in [6.45, 7) is 7.37. The molecule has 1 aromatic rings. The monoisotopic (exact) mass is 299 g/mol. The molecule has 0 saturated carbocycles. The van der Waals surface area contributed by atoms with Gasteiger partial charge in [0.1, 0.15) is 0 Å². The molecule has 0 unspecified atom stereocenters. The predicted octanol–water partition coefficient (Wildman–Crippen LogP) is 4.00. The Balaban J connectivity index is 2.68. The number of hydrogen-bond acceptors (Lipinski definition) is 2. The van der Waals surface area contributed by atoms with Crippen LogP contribution in [-0.4, -0.2) is 17.6 Å². The maximum absolute atomic E-state index is 10.9. The molecule has 3 nitrogen and oxygen atoms in total. The van der Waals surface area contributed by atoms with Crippen molar-refractivity contribution in [3.8, 4) is 0 Å². The number of carbonyl (C=O) groups is 1. The average molecular weight is 300 g/mol. The molecule has 0 heterocycles. The molecule has 0 aromatic heterocycles. The van der Waals surface area contributed by atoms with Gasteiger partial charge < -0.3 is 10.4 Å². The van der Waals surface area contributed by atoms with E-state index >= 15 is 0 Å². The standard InChI is InChI=1S/C13H18BrNO2/c1-13(2,3)4-5-15-11-7-9(12(16)17)6-10(14)8-11/h6-8,15H,4-5H2,1-3H3,(H,16,17). The topological polar surface area (TPSA) is 49.3 Å². The van der Waals surface area contributed by atoms with E-state index in [2.05, 4.69) is 42.0 Å². The van der Waals surface area contributed by atoms with E-state index in [-0.39, 0.29) is 11.0 Å². The molecule has 1 aromatic carbocycles. The van der Waals surface area contributed by atoms with Crippen LogP contribution in [0, 0.1) is 5.41 Å². The molecule has 17 heavy (non-hydrogen) atoms. The minimum absolute atomic E-state index is 0.272. The van der Waals surface area contributed by atoms with Crippen molar-refractivity contribution in [2.24, 2.45) is 5.41 Å². The van der Waals surface area contributed by atoms with Gasteiger partial charge in [-0.1, -0.05) is 36.7 Å². The fourth-order valence-electron chi connectivity index (χ4n) is 1.40. The molecule has 1 rings (SSSR count). The van der Waals surface area contributed by atoms with E-state index in [9.17, 15) is 4.79 Å². The van der Waals surface area contributed by atoms with Crippen LogP contribution in [0.15, 0.2) is 22.7 Å². The fourth-order valence-corrected chi connectivity index (χ4v) is 1.89. The van der Waals surface area contributed by atoms with Gasteiger partial charge in [0, 0.05) is 16.7 Å². The Hall–Kier alpha value is -1.03. The fraction of sp³-hybridized carbons (Fsp3) is 0.462. The normalized spacial score (nSPS) is 11.3. The smallest absolute Gasteiger partial charge is 0.335 e. The molecule has 0 amide bonds. The predicted molar refractivity (Wildman–Crippen MR) is 73.7 cm³/mol. The first-order chi connectivity index (χ1) is 7.78. The molecule has 0 bridgehead atoms. The first-order valence-corrected chi connectivity index (χ1v) is 6.35. The number of hydrogen-bond donors (Lipinski definition) is 2. The maximum atomic E-state index is 10.9. The maximum Gasteiger partial charge on any atom is 0.335 e. The van der Waals surface area contributed by atoms with Crippen molar-refractivity contribution in [2.75, 3.05) is 11.9 Å². The van der Waals surface area contributed by atoms with Crippen LogP contribution >= 0.6 is 15.9 Å². The Bertz CT molecular complexity index is 410. The van der Waals surface area contributed by atoms with E-state index in [0.717, 1.165) is 23.1 Å². The zero-order chi connectivity index (χ0) is 13.1. The van der Waals surface area contributed by atoms with E-state index in [1.54, 1.807) is 12.1 Å². The van der Waals surface area contributed by atoms with Crippen molar-refractivity contribution in [3.63, 3.8) is 0 Å². The quantitative estimate of drug-likeness (QED) is 0.883. The molecule has 0 aliphatic heterocycles. The number of benzene rings is 1. The average Bonchev–Trinajstić information content (AvgIpc) is 2.14. The van der Waals surface area contributed by atoms with Crippen LogP contribution in [0.25, 0.3) is 0 Å². The molecule has 2 N–H and O–H groups in total. The lowest BCUT2D eigenvalue weighted by atomic mass is 9.92. The summed E-state index contributed by atoms with van der Waals surface area (Å²) in [6, 6.07) is 5.13. The Kier molecular flexibility index (Phi) is 4.57. The molecule has 94 valence electrons. The molecule has 0 atom stereocenters. The minimum atomic E-state index is -0.912. The van der Waals surface area contributed by atoms with Gasteiger partial charge >= 0.3 is 5.97 Å². The van der Waals surface area contributed by atoms with Crippen molar-refractivity contribution in [1.29, 1.82) is 0 Å². The lowest BCUT2D eigenvalue weighted by Crippen LogP contribution is -2.13. The highest BCUT2D eigenvalue weighted by atomic mass is 79.9. The van der Waals surface area contributed by atoms with Gasteiger partial charge in [-0.25, -0.2) is 4.79 Å². The molecular formula is C13H18BrNO2. The number of halogens is 1. The van der Waals surface area contributed by atoms with Gasteiger partial charge in [-0.05, 0) is 30.0 Å². The second kappa shape index (κ2) is 5.54. The number of carboxylic acid groups (broad SMARTS) is 1. The third kappa shape index (κ3) is 5.22. The summed E-state index contributed by atoms with van der Waals surface area (Å²) in [5.74, 6) is -0.912. The highest BCUT2D eigenvalue weighted by molar-refractivity contribution is 9.10. The number of carboxylic acids is 1. The van der Waals surface area contributed by atoms with Gasteiger partial charge in [0.2, 0.25) is 0 Å². The van der Waals surface area contributed by atoms with E-state index in [1.165, 1.54) is 0 Å². The lowest BCUT2D eigenvalue weighted by molar-refractivity contribution is 0.0697. The first kappa shape index (κ1) is 14.0. The largest absolute Gasteiger partial charge is 0.478 e. The molecule has 0 fully saturated rings. The third-order valence-corrected chi connectivity index (χ3v) is 2.81. The number of nitrogens with one attached hydrogen (secondary N) is 1. The number of aromatic carboxylic acids is 1. The summed E-state index contributed by atoms with van der Waals surface area (Å²) < 4.78 is 0.774. The molecular weight excluding hydrogens is 282 g/mol. The Morgan fingerprint density at radius 1 is 1.35 bits per heavy atom. The zero-order valence-corrected chi connectivity index (χ0v) is 12.0. The molecule has 0 aliphatic rings. The number of anilines is 1. The second-order valence-electron chi connectivity index (χ2n) is 5.27. The van der Waals surface area contributed by atoms with Gasteiger partial charge in [-0.2, -0.15) is 0 Å². The van der Waals surface area contributed by atoms with E-state index in [1.807, 2.05) is 6.07 Å². The van der Waals surface area contributed by atoms with E-state index in [4.69, 9.17) is 5.11 Å². The molecule has 0 radical (unpaired) electrons. The Morgan fingerprint density at radius 2 is 2.00 bits per heavy atom. The molecule has 0 spiro atoms. The second-order valence-corrected chi connectivity index (χ2v) is 6.19. The first-order valence-electron chi connectivity index (χ1n) is 5.56. The highest BCUT2D eigenvalue weighted by Crippen LogP contribution is 2.22. The zero-order valence-electron chi connectivity index (χ0n) is 10.4. The molecule has 4 heteroatoms. The van der Waals surface area contributed by atoms with E-state index in [0.29, 0.717) is 0 Å².